The van der Waals surface area contributed by atoms with Gasteiger partial charge < -0.3 is 15.4 Å². The van der Waals surface area contributed by atoms with Gasteiger partial charge in [0.1, 0.15) is 5.75 Å². The van der Waals surface area contributed by atoms with Gasteiger partial charge in [-0.1, -0.05) is 60.2 Å². The molecule has 0 aliphatic heterocycles. The summed E-state index contributed by atoms with van der Waals surface area (Å²) in [6.45, 7) is 7.09. The van der Waals surface area contributed by atoms with Crippen molar-refractivity contribution in [2.24, 2.45) is 0 Å². The van der Waals surface area contributed by atoms with Crippen LogP contribution in [-0.2, 0) is 24.2 Å². The molecule has 0 aromatic heterocycles. The molecule has 0 bridgehead atoms. The molecule has 0 spiro atoms. The third-order valence-corrected chi connectivity index (χ3v) is 5.57. The minimum atomic E-state index is -0.199. The van der Waals surface area contributed by atoms with Gasteiger partial charge >= 0.3 is 6.03 Å². The standard InChI is InChI=1S/C29H33N3O3/c1-4-17-31-29(34)32(21-25-7-5-6-22(2)19-25)26-12-8-24(9-13-26)20-28(33)30-18-16-23-10-14-27(35-3)15-11-23/h4-15,19H,1,16-18,20-21H2,2-3H3,(H,30,33)(H,31,34). The maximum atomic E-state index is 12.8. The second-order valence-electron chi connectivity index (χ2n) is 8.34. The van der Waals surface area contributed by atoms with Crippen LogP contribution in [0.15, 0.2) is 85.5 Å². The van der Waals surface area contributed by atoms with E-state index in [0.29, 0.717) is 19.6 Å². The Kier molecular flexibility index (Phi) is 9.49. The normalized spacial score (nSPS) is 10.3. The van der Waals surface area contributed by atoms with Crippen LogP contribution in [0.5, 0.6) is 5.75 Å². The van der Waals surface area contributed by atoms with E-state index in [2.05, 4.69) is 23.3 Å². The Morgan fingerprint density at radius 3 is 2.31 bits per heavy atom. The molecule has 6 nitrogen and oxygen atoms in total. The van der Waals surface area contributed by atoms with Crippen molar-refractivity contribution in [3.8, 4) is 5.75 Å². The monoisotopic (exact) mass is 471 g/mol. The second-order valence-corrected chi connectivity index (χ2v) is 8.34. The zero-order chi connectivity index (χ0) is 25.0. The minimum absolute atomic E-state index is 0.0356. The van der Waals surface area contributed by atoms with Crippen LogP contribution in [0, 0.1) is 6.92 Å². The number of ether oxygens (including phenoxy) is 1. The molecule has 0 saturated carbocycles. The van der Waals surface area contributed by atoms with Gasteiger partial charge in [0.15, 0.2) is 0 Å². The lowest BCUT2D eigenvalue weighted by molar-refractivity contribution is -0.120. The summed E-state index contributed by atoms with van der Waals surface area (Å²) in [5.74, 6) is 0.781. The highest BCUT2D eigenvalue weighted by Gasteiger charge is 2.16. The summed E-state index contributed by atoms with van der Waals surface area (Å²) in [4.78, 5) is 26.9. The van der Waals surface area contributed by atoms with Crippen molar-refractivity contribution in [1.82, 2.24) is 10.6 Å². The molecule has 2 N–H and O–H groups in total. The van der Waals surface area contributed by atoms with E-state index >= 15 is 0 Å². The lowest BCUT2D eigenvalue weighted by atomic mass is 10.1. The fraction of sp³-hybridized carbons (Fsp3) is 0.241. The summed E-state index contributed by atoms with van der Waals surface area (Å²) >= 11 is 0. The Balaban J connectivity index is 1.58. The highest BCUT2D eigenvalue weighted by atomic mass is 16.5. The molecule has 3 aromatic rings. The zero-order valence-corrected chi connectivity index (χ0v) is 20.4. The molecule has 6 heteroatoms. The van der Waals surface area contributed by atoms with Crippen LogP contribution in [0.2, 0.25) is 0 Å². The first-order valence-electron chi connectivity index (χ1n) is 11.7. The topological polar surface area (TPSA) is 70.7 Å². The number of carbonyl (C=O) groups excluding carboxylic acids is 2. The van der Waals surface area contributed by atoms with Crippen molar-refractivity contribution in [3.05, 3.63) is 108 Å². The molecule has 0 unspecified atom stereocenters. The summed E-state index contributed by atoms with van der Waals surface area (Å²) in [5, 5.41) is 5.82. The van der Waals surface area contributed by atoms with Gasteiger partial charge in [-0.25, -0.2) is 4.79 Å². The predicted molar refractivity (Wildman–Crippen MR) is 141 cm³/mol. The molecule has 3 amide bonds. The zero-order valence-electron chi connectivity index (χ0n) is 20.4. The molecular weight excluding hydrogens is 438 g/mol. The van der Waals surface area contributed by atoms with Gasteiger partial charge in [0.25, 0.3) is 0 Å². The molecule has 0 fully saturated rings. The number of methoxy groups -OCH3 is 1. The van der Waals surface area contributed by atoms with Gasteiger partial charge in [0.2, 0.25) is 5.91 Å². The molecule has 0 heterocycles. The second kappa shape index (κ2) is 13.0. The van der Waals surface area contributed by atoms with Gasteiger partial charge in [-0.3, -0.25) is 9.69 Å². The first-order valence-corrected chi connectivity index (χ1v) is 11.7. The third-order valence-electron chi connectivity index (χ3n) is 5.57. The average molecular weight is 472 g/mol. The van der Waals surface area contributed by atoms with Gasteiger partial charge in [0.05, 0.1) is 20.1 Å². The fourth-order valence-corrected chi connectivity index (χ4v) is 3.71. The molecule has 0 aliphatic rings. The SMILES string of the molecule is C=CCNC(=O)N(Cc1cccc(C)c1)c1ccc(CC(=O)NCCc2ccc(OC)cc2)cc1. The van der Waals surface area contributed by atoms with Crippen molar-refractivity contribution in [2.75, 3.05) is 25.1 Å². The number of hydrogen-bond acceptors (Lipinski definition) is 3. The van der Waals surface area contributed by atoms with E-state index in [9.17, 15) is 9.59 Å². The van der Waals surface area contributed by atoms with E-state index in [1.165, 1.54) is 0 Å². The van der Waals surface area contributed by atoms with Crippen molar-refractivity contribution in [1.29, 1.82) is 0 Å². The van der Waals surface area contributed by atoms with E-state index in [4.69, 9.17) is 4.74 Å². The first kappa shape index (κ1) is 25.6. The lowest BCUT2D eigenvalue weighted by Gasteiger charge is -2.23. The number of anilines is 1. The molecule has 35 heavy (non-hydrogen) atoms. The smallest absolute Gasteiger partial charge is 0.322 e. The number of amides is 3. The summed E-state index contributed by atoms with van der Waals surface area (Å²) in [6.07, 6.45) is 2.69. The maximum Gasteiger partial charge on any atom is 0.322 e. The van der Waals surface area contributed by atoms with E-state index in [1.807, 2.05) is 73.7 Å². The quantitative estimate of drug-likeness (QED) is 0.395. The number of benzene rings is 3. The van der Waals surface area contributed by atoms with E-state index < -0.39 is 0 Å². The van der Waals surface area contributed by atoms with Crippen molar-refractivity contribution in [3.63, 3.8) is 0 Å². The van der Waals surface area contributed by atoms with Crippen LogP contribution in [0.4, 0.5) is 10.5 Å². The minimum Gasteiger partial charge on any atom is -0.497 e. The van der Waals surface area contributed by atoms with Gasteiger partial charge in [-0.2, -0.15) is 0 Å². The molecule has 3 aromatic carbocycles. The highest BCUT2D eigenvalue weighted by Crippen LogP contribution is 2.20. The first-order chi connectivity index (χ1) is 17.0. The molecule has 0 radical (unpaired) electrons. The highest BCUT2D eigenvalue weighted by molar-refractivity contribution is 5.92. The third kappa shape index (κ3) is 8.03. The van der Waals surface area contributed by atoms with Crippen LogP contribution >= 0.6 is 0 Å². The summed E-state index contributed by atoms with van der Waals surface area (Å²) in [6, 6.07) is 23.3. The maximum absolute atomic E-state index is 12.8. The Labute approximate surface area is 207 Å². The molecule has 3 rings (SSSR count). The number of rotatable bonds is 11. The Hall–Kier alpha value is -4.06. The predicted octanol–water partition coefficient (Wildman–Crippen LogP) is 4.81. The Morgan fingerprint density at radius 2 is 1.66 bits per heavy atom. The van der Waals surface area contributed by atoms with Gasteiger partial charge in [-0.15, -0.1) is 6.58 Å². The van der Waals surface area contributed by atoms with Crippen LogP contribution in [0.1, 0.15) is 22.3 Å². The van der Waals surface area contributed by atoms with E-state index in [1.54, 1.807) is 18.1 Å². The molecule has 0 saturated heterocycles. The Bertz CT molecular complexity index is 1120. The fourth-order valence-electron chi connectivity index (χ4n) is 3.71. The number of urea groups is 1. The molecular formula is C29H33N3O3. The van der Waals surface area contributed by atoms with Crippen molar-refractivity contribution < 1.29 is 14.3 Å². The van der Waals surface area contributed by atoms with Crippen LogP contribution in [0.3, 0.4) is 0 Å². The Morgan fingerprint density at radius 1 is 0.943 bits per heavy atom. The molecule has 182 valence electrons. The van der Waals surface area contributed by atoms with E-state index in [-0.39, 0.29) is 18.4 Å². The van der Waals surface area contributed by atoms with Gasteiger partial charge in [0, 0.05) is 18.8 Å². The molecule has 0 atom stereocenters. The largest absolute Gasteiger partial charge is 0.497 e. The summed E-state index contributed by atoms with van der Waals surface area (Å²) in [5.41, 5.74) is 4.97. The number of hydrogen-bond donors (Lipinski definition) is 2. The van der Waals surface area contributed by atoms with Crippen LogP contribution in [-0.4, -0.2) is 32.1 Å². The van der Waals surface area contributed by atoms with Crippen molar-refractivity contribution in [2.45, 2.75) is 26.3 Å². The average Bonchev–Trinajstić information content (AvgIpc) is 2.87. The van der Waals surface area contributed by atoms with Crippen LogP contribution < -0.4 is 20.3 Å². The van der Waals surface area contributed by atoms with Gasteiger partial charge in [-0.05, 0) is 54.3 Å². The lowest BCUT2D eigenvalue weighted by Crippen LogP contribution is -2.39. The number of nitrogens with one attached hydrogen (secondary N) is 2. The summed E-state index contributed by atoms with van der Waals surface area (Å²) < 4.78 is 5.17. The van der Waals surface area contributed by atoms with Crippen molar-refractivity contribution >= 4 is 17.6 Å². The summed E-state index contributed by atoms with van der Waals surface area (Å²) in [7, 11) is 1.64. The number of nitrogens with zero attached hydrogens (tertiary/aromatic N) is 1. The number of carbonyl (C=O) groups is 2. The number of aryl methyl sites for hydroxylation is 1. The molecule has 0 aliphatic carbocycles. The van der Waals surface area contributed by atoms with E-state index in [0.717, 1.165) is 40.1 Å². The van der Waals surface area contributed by atoms with Crippen LogP contribution in [0.25, 0.3) is 0 Å².